The third-order valence-electron chi connectivity index (χ3n) is 8.81. The zero-order chi connectivity index (χ0) is 29.2. The number of likely N-dealkylation sites (tertiary alicyclic amines) is 1. The molecule has 1 atom stereocenters. The maximum atomic E-state index is 12.6. The summed E-state index contributed by atoms with van der Waals surface area (Å²) in [5, 5.41) is 12.3. The molecule has 2 fully saturated rings. The van der Waals surface area contributed by atoms with Crippen LogP contribution in [-0.2, 0) is 11.2 Å². The first kappa shape index (κ1) is 27.5. The molecule has 7 rings (SSSR count). The van der Waals surface area contributed by atoms with Gasteiger partial charge in [0, 0.05) is 53.0 Å². The molecule has 8 heteroatoms. The van der Waals surface area contributed by atoms with Gasteiger partial charge in [-0.1, -0.05) is 72.3 Å². The summed E-state index contributed by atoms with van der Waals surface area (Å²) < 4.78 is 1.63. The lowest BCUT2D eigenvalue weighted by Crippen LogP contribution is -2.38. The number of carbonyl (C=O) groups excluding carboxylic acids is 1. The predicted octanol–water partition coefficient (Wildman–Crippen LogP) is 6.87. The van der Waals surface area contributed by atoms with E-state index in [0.29, 0.717) is 22.8 Å². The molecule has 0 spiro atoms. The number of carbonyl (C=O) groups is 1. The number of rotatable bonds is 8. The lowest BCUT2D eigenvalue weighted by Gasteiger charge is -2.32. The maximum absolute atomic E-state index is 12.6. The van der Waals surface area contributed by atoms with Crippen LogP contribution in [0.5, 0.6) is 0 Å². The van der Waals surface area contributed by atoms with Gasteiger partial charge in [0.25, 0.3) is 0 Å². The molecule has 0 unspecified atom stereocenters. The largest absolute Gasteiger partial charge is 0.342 e. The average Bonchev–Trinajstić information content (AvgIpc) is 3.77. The summed E-state index contributed by atoms with van der Waals surface area (Å²) in [6, 6.07) is 29.5. The fourth-order valence-electron chi connectivity index (χ4n) is 6.28. The van der Waals surface area contributed by atoms with E-state index >= 15 is 0 Å². The molecule has 7 nitrogen and oxygen atoms in total. The number of piperidine rings is 1. The molecule has 3 aromatic carbocycles. The van der Waals surface area contributed by atoms with Crippen molar-refractivity contribution in [1.82, 2.24) is 30.1 Å². The number of aromatic nitrogens is 5. The standard InChI is InChI=1S/C35H33ClN6O/c36-30-12-14-34(42-23-38-39-40-42)32(21-30)29-11-13-33(37-22-29)31(19-24-5-2-1-3-6-24)28-8-4-7-27(20-28)25-15-17-41(18-16-25)35(43)26-9-10-26/h1-8,11-14,20-23,25-26,31H,9-10,15-19H2/t31-/m0/s1. The highest BCUT2D eigenvalue weighted by Gasteiger charge is 2.35. The number of hydrogen-bond donors (Lipinski definition) is 0. The summed E-state index contributed by atoms with van der Waals surface area (Å²) in [7, 11) is 0. The Morgan fingerprint density at radius 1 is 0.907 bits per heavy atom. The van der Waals surface area contributed by atoms with Crippen molar-refractivity contribution in [1.29, 1.82) is 0 Å². The van der Waals surface area contributed by atoms with Crippen LogP contribution in [0, 0.1) is 5.92 Å². The van der Waals surface area contributed by atoms with Crippen molar-refractivity contribution in [2.45, 2.75) is 43.9 Å². The van der Waals surface area contributed by atoms with Gasteiger partial charge < -0.3 is 4.90 Å². The highest BCUT2D eigenvalue weighted by molar-refractivity contribution is 6.31. The lowest BCUT2D eigenvalue weighted by atomic mass is 9.84. The van der Waals surface area contributed by atoms with Crippen molar-refractivity contribution >= 4 is 17.5 Å². The molecule has 43 heavy (non-hydrogen) atoms. The molecule has 5 aromatic rings. The van der Waals surface area contributed by atoms with Gasteiger partial charge in [0.05, 0.1) is 5.69 Å². The predicted molar refractivity (Wildman–Crippen MR) is 167 cm³/mol. The van der Waals surface area contributed by atoms with Gasteiger partial charge in [-0.05, 0) is 89.4 Å². The van der Waals surface area contributed by atoms with Crippen LogP contribution >= 0.6 is 11.6 Å². The maximum Gasteiger partial charge on any atom is 0.225 e. The minimum Gasteiger partial charge on any atom is -0.342 e. The first-order chi connectivity index (χ1) is 21.1. The Kier molecular flexibility index (Phi) is 7.73. The molecule has 1 amide bonds. The van der Waals surface area contributed by atoms with Crippen LogP contribution in [-0.4, -0.2) is 49.1 Å². The monoisotopic (exact) mass is 588 g/mol. The highest BCUT2D eigenvalue weighted by Crippen LogP contribution is 2.37. The second-order valence-electron chi connectivity index (χ2n) is 11.7. The number of tetrazole rings is 1. The van der Waals surface area contributed by atoms with Gasteiger partial charge in [-0.15, -0.1) is 5.10 Å². The van der Waals surface area contributed by atoms with Gasteiger partial charge >= 0.3 is 0 Å². The third-order valence-corrected chi connectivity index (χ3v) is 9.04. The molecule has 216 valence electrons. The fourth-order valence-corrected chi connectivity index (χ4v) is 6.45. The highest BCUT2D eigenvalue weighted by atomic mass is 35.5. The third kappa shape index (κ3) is 6.09. The summed E-state index contributed by atoms with van der Waals surface area (Å²) >= 11 is 6.40. The van der Waals surface area contributed by atoms with Gasteiger partial charge in [0.2, 0.25) is 5.91 Å². The molecule has 1 aliphatic carbocycles. The Morgan fingerprint density at radius 3 is 2.47 bits per heavy atom. The zero-order valence-corrected chi connectivity index (χ0v) is 24.6. The smallest absolute Gasteiger partial charge is 0.225 e. The van der Waals surface area contributed by atoms with Gasteiger partial charge in [-0.3, -0.25) is 9.78 Å². The molecule has 2 aliphatic rings. The lowest BCUT2D eigenvalue weighted by molar-refractivity contribution is -0.133. The van der Waals surface area contributed by atoms with E-state index in [4.69, 9.17) is 16.6 Å². The molecule has 3 heterocycles. The first-order valence-electron chi connectivity index (χ1n) is 15.0. The van der Waals surface area contributed by atoms with E-state index in [0.717, 1.165) is 67.7 Å². The van der Waals surface area contributed by atoms with Crippen molar-refractivity contribution in [2.24, 2.45) is 5.92 Å². The van der Waals surface area contributed by atoms with Crippen molar-refractivity contribution in [2.75, 3.05) is 13.1 Å². The minimum atomic E-state index is 0.0891. The van der Waals surface area contributed by atoms with E-state index in [1.54, 1.807) is 11.0 Å². The van der Waals surface area contributed by atoms with E-state index in [-0.39, 0.29) is 5.92 Å². The first-order valence-corrected chi connectivity index (χ1v) is 15.4. The second kappa shape index (κ2) is 12.1. The van der Waals surface area contributed by atoms with Gasteiger partial charge in [-0.25, -0.2) is 0 Å². The molecule has 1 aliphatic heterocycles. The molecule has 0 radical (unpaired) electrons. The van der Waals surface area contributed by atoms with Crippen LogP contribution < -0.4 is 0 Å². The molecule has 1 saturated carbocycles. The quantitative estimate of drug-likeness (QED) is 0.198. The molecule has 0 bridgehead atoms. The second-order valence-corrected chi connectivity index (χ2v) is 12.1. The molecular formula is C35H33ClN6O. The van der Waals surface area contributed by atoms with Crippen LogP contribution in [0.1, 0.15) is 59.9 Å². The van der Waals surface area contributed by atoms with Crippen LogP contribution in [0.4, 0.5) is 0 Å². The van der Waals surface area contributed by atoms with Gasteiger partial charge in [-0.2, -0.15) is 4.68 Å². The van der Waals surface area contributed by atoms with E-state index < -0.39 is 0 Å². The number of pyridine rings is 1. The Balaban J connectivity index is 1.18. The van der Waals surface area contributed by atoms with E-state index in [1.165, 1.54) is 16.7 Å². The fraction of sp³-hybridized carbons (Fsp3) is 0.286. The zero-order valence-electron chi connectivity index (χ0n) is 23.9. The summed E-state index contributed by atoms with van der Waals surface area (Å²) in [5.41, 5.74) is 7.59. The molecule has 2 aromatic heterocycles. The van der Waals surface area contributed by atoms with Crippen molar-refractivity contribution in [3.05, 3.63) is 125 Å². The topological polar surface area (TPSA) is 76.8 Å². The van der Waals surface area contributed by atoms with Crippen molar-refractivity contribution < 1.29 is 4.79 Å². The van der Waals surface area contributed by atoms with Crippen molar-refractivity contribution in [3.8, 4) is 16.8 Å². The van der Waals surface area contributed by atoms with E-state index in [2.05, 4.69) is 87.2 Å². The molecule has 0 N–H and O–H groups in total. The number of amides is 1. The molecule has 1 saturated heterocycles. The number of hydrogen-bond acceptors (Lipinski definition) is 5. The Bertz CT molecular complexity index is 1690. The number of nitrogens with zero attached hydrogens (tertiary/aromatic N) is 6. The number of halogens is 1. The normalized spacial score (nSPS) is 16.3. The average molecular weight is 589 g/mol. The Hall–Kier alpha value is -4.36. The minimum absolute atomic E-state index is 0.0891. The van der Waals surface area contributed by atoms with E-state index in [9.17, 15) is 4.79 Å². The summed E-state index contributed by atoms with van der Waals surface area (Å²) in [6.45, 7) is 1.72. The van der Waals surface area contributed by atoms with Gasteiger partial charge in [0.1, 0.15) is 6.33 Å². The Morgan fingerprint density at radius 2 is 1.74 bits per heavy atom. The van der Waals surface area contributed by atoms with Crippen molar-refractivity contribution in [3.63, 3.8) is 0 Å². The SMILES string of the molecule is O=C(C1CC1)N1CCC(c2cccc([C@H](Cc3ccccc3)c3ccc(-c4cc(Cl)ccc4-n4cnnn4)cn3)c2)CC1. The van der Waals surface area contributed by atoms with Crippen LogP contribution in [0.3, 0.4) is 0 Å². The van der Waals surface area contributed by atoms with Gasteiger partial charge in [0.15, 0.2) is 0 Å². The Labute approximate surface area is 256 Å². The van der Waals surface area contributed by atoms with Crippen LogP contribution in [0.25, 0.3) is 16.8 Å². The summed E-state index contributed by atoms with van der Waals surface area (Å²) in [4.78, 5) is 19.7. The number of benzene rings is 3. The van der Waals surface area contributed by atoms with E-state index in [1.807, 2.05) is 24.4 Å². The molecular weight excluding hydrogens is 556 g/mol. The van der Waals surface area contributed by atoms with Crippen LogP contribution in [0.15, 0.2) is 97.5 Å². The summed E-state index contributed by atoms with van der Waals surface area (Å²) in [6.07, 6.45) is 8.51. The van der Waals surface area contributed by atoms with Crippen LogP contribution in [0.2, 0.25) is 5.02 Å². The summed E-state index contributed by atoms with van der Waals surface area (Å²) in [5.74, 6) is 1.21.